The SMILES string of the molecule is NNc1cc([N+](=O)[O-])ccc1S(=O)(=O)NCc1ccno1. The molecule has 0 saturated heterocycles. The van der Waals surface area contributed by atoms with Crippen LogP contribution in [0.15, 0.2) is 39.9 Å². The Hall–Kier alpha value is -2.50. The van der Waals surface area contributed by atoms with E-state index in [9.17, 15) is 18.5 Å². The van der Waals surface area contributed by atoms with Crippen molar-refractivity contribution in [2.75, 3.05) is 5.43 Å². The number of aromatic nitrogens is 1. The van der Waals surface area contributed by atoms with Gasteiger partial charge in [-0.05, 0) is 6.07 Å². The first kappa shape index (κ1) is 14.9. The first-order chi connectivity index (χ1) is 9.94. The zero-order valence-corrected chi connectivity index (χ0v) is 11.3. The number of non-ortho nitro benzene ring substituents is 1. The van der Waals surface area contributed by atoms with Gasteiger partial charge in [0.2, 0.25) is 10.0 Å². The van der Waals surface area contributed by atoms with E-state index in [1.807, 2.05) is 0 Å². The molecule has 0 fully saturated rings. The van der Waals surface area contributed by atoms with Gasteiger partial charge in [-0.3, -0.25) is 16.0 Å². The topological polar surface area (TPSA) is 153 Å². The second-order valence-electron chi connectivity index (χ2n) is 3.89. The fraction of sp³-hybridized carbons (Fsp3) is 0.100. The van der Waals surface area contributed by atoms with Gasteiger partial charge in [-0.25, -0.2) is 13.1 Å². The molecule has 0 spiro atoms. The Morgan fingerprint density at radius 3 is 2.71 bits per heavy atom. The van der Waals surface area contributed by atoms with Gasteiger partial charge >= 0.3 is 0 Å². The molecule has 0 aliphatic carbocycles. The summed E-state index contributed by atoms with van der Waals surface area (Å²) in [7, 11) is -3.92. The summed E-state index contributed by atoms with van der Waals surface area (Å²) in [6, 6.07) is 4.70. The summed E-state index contributed by atoms with van der Waals surface area (Å²) >= 11 is 0. The number of nitrogens with zero attached hydrogens (tertiary/aromatic N) is 2. The molecule has 0 bridgehead atoms. The van der Waals surface area contributed by atoms with Crippen LogP contribution in [0.1, 0.15) is 5.76 Å². The molecule has 0 amide bonds. The molecule has 1 aromatic carbocycles. The average molecular weight is 313 g/mol. The zero-order chi connectivity index (χ0) is 15.5. The smallest absolute Gasteiger partial charge is 0.271 e. The summed E-state index contributed by atoms with van der Waals surface area (Å²) in [6.45, 7) is -0.108. The number of hydrogen-bond acceptors (Lipinski definition) is 8. The van der Waals surface area contributed by atoms with Crippen molar-refractivity contribution < 1.29 is 17.9 Å². The van der Waals surface area contributed by atoms with Crippen LogP contribution in [0.5, 0.6) is 0 Å². The molecule has 1 aromatic heterocycles. The van der Waals surface area contributed by atoms with Crippen molar-refractivity contribution in [3.8, 4) is 0 Å². The average Bonchev–Trinajstić information content (AvgIpc) is 2.97. The van der Waals surface area contributed by atoms with E-state index in [4.69, 9.17) is 10.4 Å². The normalized spacial score (nSPS) is 11.3. The lowest BCUT2D eigenvalue weighted by Gasteiger charge is -2.10. The maximum Gasteiger partial charge on any atom is 0.271 e. The third-order valence-electron chi connectivity index (χ3n) is 2.55. The molecule has 0 saturated carbocycles. The molecule has 1 heterocycles. The van der Waals surface area contributed by atoms with Gasteiger partial charge in [0.25, 0.3) is 5.69 Å². The quantitative estimate of drug-likeness (QED) is 0.392. The lowest BCUT2D eigenvalue weighted by Crippen LogP contribution is -2.25. The van der Waals surface area contributed by atoms with Gasteiger partial charge in [0.1, 0.15) is 4.90 Å². The number of anilines is 1. The first-order valence-electron chi connectivity index (χ1n) is 5.58. The van der Waals surface area contributed by atoms with Gasteiger partial charge < -0.3 is 9.95 Å². The molecule has 0 aliphatic heterocycles. The van der Waals surface area contributed by atoms with Crippen molar-refractivity contribution in [1.82, 2.24) is 9.88 Å². The Morgan fingerprint density at radius 2 is 2.14 bits per heavy atom. The minimum absolute atomic E-state index is 0.0886. The Bertz CT molecular complexity index is 743. The monoisotopic (exact) mass is 313 g/mol. The van der Waals surface area contributed by atoms with E-state index in [2.05, 4.69) is 15.3 Å². The minimum atomic E-state index is -3.92. The summed E-state index contributed by atoms with van der Waals surface area (Å²) in [6.07, 6.45) is 1.38. The van der Waals surface area contributed by atoms with Crippen LogP contribution < -0.4 is 16.0 Å². The second-order valence-corrected chi connectivity index (χ2v) is 5.62. The molecular formula is C10H11N5O5S. The fourth-order valence-electron chi connectivity index (χ4n) is 1.56. The number of hydrogen-bond donors (Lipinski definition) is 3. The molecule has 2 aromatic rings. The maximum absolute atomic E-state index is 12.1. The van der Waals surface area contributed by atoms with Crippen LogP contribution in [-0.4, -0.2) is 18.5 Å². The van der Waals surface area contributed by atoms with Crippen LogP contribution in [0.2, 0.25) is 0 Å². The Kier molecular flexibility index (Phi) is 4.16. The van der Waals surface area contributed by atoms with Crippen LogP contribution in [0.3, 0.4) is 0 Å². The number of nitrogens with one attached hydrogen (secondary N) is 2. The van der Waals surface area contributed by atoms with Crippen LogP contribution in [-0.2, 0) is 16.6 Å². The molecule has 0 aliphatic rings. The summed E-state index contributed by atoms with van der Waals surface area (Å²) in [5, 5.41) is 14.1. The highest BCUT2D eigenvalue weighted by atomic mass is 32.2. The number of nitro benzene ring substituents is 1. The molecule has 21 heavy (non-hydrogen) atoms. The third-order valence-corrected chi connectivity index (χ3v) is 4.01. The number of benzene rings is 1. The molecular weight excluding hydrogens is 302 g/mol. The molecule has 0 unspecified atom stereocenters. The van der Waals surface area contributed by atoms with E-state index in [1.165, 1.54) is 12.3 Å². The van der Waals surface area contributed by atoms with Crippen molar-refractivity contribution in [2.24, 2.45) is 5.84 Å². The molecule has 10 nitrogen and oxygen atoms in total. The maximum atomic E-state index is 12.1. The van der Waals surface area contributed by atoms with Crippen molar-refractivity contribution in [3.05, 3.63) is 46.3 Å². The van der Waals surface area contributed by atoms with Gasteiger partial charge in [0, 0.05) is 18.2 Å². The molecule has 0 radical (unpaired) electrons. The van der Waals surface area contributed by atoms with E-state index in [1.54, 1.807) is 0 Å². The highest BCUT2D eigenvalue weighted by molar-refractivity contribution is 7.89. The van der Waals surface area contributed by atoms with Gasteiger partial charge in [0.15, 0.2) is 5.76 Å². The van der Waals surface area contributed by atoms with E-state index in [0.717, 1.165) is 18.2 Å². The Labute approximate surface area is 119 Å². The van der Waals surface area contributed by atoms with Gasteiger partial charge in [-0.2, -0.15) is 0 Å². The van der Waals surface area contributed by atoms with Crippen LogP contribution in [0.25, 0.3) is 0 Å². The summed E-state index contributed by atoms with van der Waals surface area (Å²) < 4.78 is 31.3. The van der Waals surface area contributed by atoms with Crippen LogP contribution >= 0.6 is 0 Å². The van der Waals surface area contributed by atoms with Crippen LogP contribution in [0, 0.1) is 10.1 Å². The van der Waals surface area contributed by atoms with Crippen LogP contribution in [0.4, 0.5) is 11.4 Å². The molecule has 11 heteroatoms. The predicted octanol–water partition coefficient (Wildman–Crippen LogP) is 0.347. The van der Waals surface area contributed by atoms with Crippen molar-refractivity contribution >= 4 is 21.4 Å². The van der Waals surface area contributed by atoms with Crippen molar-refractivity contribution in [1.29, 1.82) is 0 Å². The van der Waals surface area contributed by atoms with Gasteiger partial charge in [-0.1, -0.05) is 5.16 Å². The fourth-order valence-corrected chi connectivity index (χ4v) is 2.70. The lowest BCUT2D eigenvalue weighted by molar-refractivity contribution is -0.384. The van der Waals surface area contributed by atoms with Crippen molar-refractivity contribution in [2.45, 2.75) is 11.4 Å². The standard InChI is InChI=1S/C10H11N5O5S/c11-14-9-5-7(15(16)17)1-2-10(9)21(18,19)13-6-8-3-4-12-20-8/h1-5,13-14H,6,11H2. The highest BCUT2D eigenvalue weighted by Gasteiger charge is 2.21. The number of rotatable bonds is 6. The third kappa shape index (κ3) is 3.34. The Morgan fingerprint density at radius 1 is 1.38 bits per heavy atom. The molecule has 2 rings (SSSR count). The number of nitrogens with two attached hydrogens (primary N) is 1. The number of hydrazine groups is 1. The van der Waals surface area contributed by atoms with E-state index in [-0.39, 0.29) is 22.8 Å². The molecule has 0 atom stereocenters. The minimum Gasteiger partial charge on any atom is -0.360 e. The number of sulfonamides is 1. The second kappa shape index (κ2) is 5.87. The van der Waals surface area contributed by atoms with E-state index < -0.39 is 14.9 Å². The predicted molar refractivity (Wildman–Crippen MR) is 71.4 cm³/mol. The lowest BCUT2D eigenvalue weighted by atomic mass is 10.3. The van der Waals surface area contributed by atoms with E-state index >= 15 is 0 Å². The highest BCUT2D eigenvalue weighted by Crippen LogP contribution is 2.25. The number of nitrogen functional groups attached to an aromatic ring is 1. The summed E-state index contributed by atoms with van der Waals surface area (Å²) in [5.74, 6) is 5.54. The molecule has 4 N–H and O–H groups in total. The first-order valence-corrected chi connectivity index (χ1v) is 7.06. The largest absolute Gasteiger partial charge is 0.360 e. The van der Waals surface area contributed by atoms with Gasteiger partial charge in [0.05, 0.1) is 23.4 Å². The van der Waals surface area contributed by atoms with E-state index in [0.29, 0.717) is 5.76 Å². The Balaban J connectivity index is 2.28. The van der Waals surface area contributed by atoms with Gasteiger partial charge in [-0.15, -0.1) is 0 Å². The number of nitro groups is 1. The zero-order valence-electron chi connectivity index (χ0n) is 10.5. The van der Waals surface area contributed by atoms with Crippen molar-refractivity contribution in [3.63, 3.8) is 0 Å². The molecule has 112 valence electrons. The summed E-state index contributed by atoms with van der Waals surface area (Å²) in [5.41, 5.74) is 1.76. The summed E-state index contributed by atoms with van der Waals surface area (Å²) in [4.78, 5) is 9.80.